The lowest BCUT2D eigenvalue weighted by Crippen LogP contribution is -2.41. The van der Waals surface area contributed by atoms with E-state index in [2.05, 4.69) is 10.9 Å². The molecule has 0 atom stereocenters. The Labute approximate surface area is 147 Å². The number of carbonyl (C=O) groups excluding carboxylic acids is 1. The number of hydrogen-bond donors (Lipinski definition) is 4. The highest BCUT2D eigenvalue weighted by Gasteiger charge is 2.30. The summed E-state index contributed by atoms with van der Waals surface area (Å²) in [6.07, 6.45) is -4.43. The first kappa shape index (κ1) is 19.2. The molecule has 10 heteroatoms. The molecule has 0 spiro atoms. The third kappa shape index (κ3) is 5.19. The third-order valence-corrected chi connectivity index (χ3v) is 3.26. The molecule has 0 aliphatic rings. The zero-order valence-corrected chi connectivity index (χ0v) is 13.4. The summed E-state index contributed by atoms with van der Waals surface area (Å²) in [5, 5.41) is 10.7. The van der Waals surface area contributed by atoms with Crippen molar-refractivity contribution in [2.45, 2.75) is 12.8 Å². The third-order valence-electron chi connectivity index (χ3n) is 3.26. The van der Waals surface area contributed by atoms with E-state index < -0.39 is 17.8 Å². The van der Waals surface area contributed by atoms with Gasteiger partial charge in [0.15, 0.2) is 0 Å². The standard InChI is InChI=1S/C16H16F3N5O2/c17-16(18,19)12-4-2-5-13(8-12)22-15(25)26-9-11-3-1-6-14(7-11)24(10-20)23-21/h1-8,10,20,23H,9,21H2,(H,22,25). The fourth-order valence-corrected chi connectivity index (χ4v) is 2.06. The molecule has 2 aromatic carbocycles. The van der Waals surface area contributed by atoms with Crippen LogP contribution in [0.5, 0.6) is 0 Å². The fourth-order valence-electron chi connectivity index (χ4n) is 2.06. The second-order valence-electron chi connectivity index (χ2n) is 5.08. The minimum atomic E-state index is -4.50. The van der Waals surface area contributed by atoms with E-state index in [4.69, 9.17) is 16.0 Å². The van der Waals surface area contributed by atoms with Gasteiger partial charge in [-0.1, -0.05) is 18.2 Å². The van der Waals surface area contributed by atoms with E-state index in [1.807, 2.05) is 0 Å². The van der Waals surface area contributed by atoms with Crippen LogP contribution in [0.15, 0.2) is 48.5 Å². The Balaban J connectivity index is 1.97. The highest BCUT2D eigenvalue weighted by molar-refractivity contribution is 5.84. The lowest BCUT2D eigenvalue weighted by Gasteiger charge is -2.17. The molecular formula is C16H16F3N5O2. The number of anilines is 2. The summed E-state index contributed by atoms with van der Waals surface area (Å²) >= 11 is 0. The van der Waals surface area contributed by atoms with Crippen LogP contribution < -0.4 is 21.7 Å². The first-order valence-electron chi connectivity index (χ1n) is 7.29. The molecule has 0 saturated heterocycles. The van der Waals surface area contributed by atoms with Crippen LogP contribution in [0, 0.1) is 5.41 Å². The SMILES string of the molecule is N=CN(NN)c1cccc(COC(=O)Nc2cccc(C(F)(F)F)c2)c1. The molecule has 0 aromatic heterocycles. The highest BCUT2D eigenvalue weighted by atomic mass is 19.4. The highest BCUT2D eigenvalue weighted by Crippen LogP contribution is 2.30. The number of rotatable bonds is 6. The second-order valence-corrected chi connectivity index (χ2v) is 5.08. The molecule has 0 unspecified atom stereocenters. The molecule has 0 aliphatic heterocycles. The first-order chi connectivity index (χ1) is 12.3. The van der Waals surface area contributed by atoms with Gasteiger partial charge in [0, 0.05) is 5.69 Å². The number of ether oxygens (including phenoxy) is 1. The van der Waals surface area contributed by atoms with Gasteiger partial charge in [-0.3, -0.25) is 21.6 Å². The number of nitrogens with zero attached hydrogens (tertiary/aromatic N) is 1. The van der Waals surface area contributed by atoms with Crippen LogP contribution in [-0.4, -0.2) is 12.4 Å². The topological polar surface area (TPSA) is 103 Å². The Bertz CT molecular complexity index is 782. The van der Waals surface area contributed by atoms with E-state index in [9.17, 15) is 18.0 Å². The predicted molar refractivity (Wildman–Crippen MR) is 90.3 cm³/mol. The Kier molecular flexibility index (Phi) is 6.15. The van der Waals surface area contributed by atoms with Crippen LogP contribution in [0.4, 0.5) is 29.3 Å². The van der Waals surface area contributed by atoms with Gasteiger partial charge in [-0.15, -0.1) is 0 Å². The Morgan fingerprint density at radius 2 is 1.96 bits per heavy atom. The van der Waals surface area contributed by atoms with Gasteiger partial charge in [-0.25, -0.2) is 4.79 Å². The molecule has 138 valence electrons. The van der Waals surface area contributed by atoms with Gasteiger partial charge in [0.05, 0.1) is 11.3 Å². The van der Waals surface area contributed by atoms with E-state index in [-0.39, 0.29) is 12.3 Å². The van der Waals surface area contributed by atoms with Crippen LogP contribution in [0.1, 0.15) is 11.1 Å². The second kappa shape index (κ2) is 8.32. The Hall–Kier alpha value is -3.11. The molecule has 7 nitrogen and oxygen atoms in total. The molecule has 5 N–H and O–H groups in total. The van der Waals surface area contributed by atoms with Crippen molar-refractivity contribution < 1.29 is 22.7 Å². The monoisotopic (exact) mass is 367 g/mol. The van der Waals surface area contributed by atoms with Crippen molar-refractivity contribution >= 4 is 23.8 Å². The molecule has 1 amide bonds. The summed E-state index contributed by atoms with van der Waals surface area (Å²) in [7, 11) is 0. The Morgan fingerprint density at radius 3 is 2.62 bits per heavy atom. The van der Waals surface area contributed by atoms with Crippen molar-refractivity contribution in [1.29, 1.82) is 5.41 Å². The number of alkyl halides is 3. The molecule has 0 radical (unpaired) electrons. The average molecular weight is 367 g/mol. The van der Waals surface area contributed by atoms with Gasteiger partial charge >= 0.3 is 12.3 Å². The number of nitrogens with one attached hydrogen (secondary N) is 3. The number of carbonyl (C=O) groups is 1. The largest absolute Gasteiger partial charge is 0.444 e. The minimum absolute atomic E-state index is 0.0270. The van der Waals surface area contributed by atoms with Gasteiger partial charge in [0.2, 0.25) is 0 Å². The van der Waals surface area contributed by atoms with Crippen molar-refractivity contribution in [2.24, 2.45) is 5.84 Å². The van der Waals surface area contributed by atoms with Crippen LogP contribution in [0.25, 0.3) is 0 Å². The maximum Gasteiger partial charge on any atom is 0.416 e. The number of nitrogens with two attached hydrogens (primary N) is 1. The van der Waals surface area contributed by atoms with E-state index in [1.54, 1.807) is 24.3 Å². The lowest BCUT2D eigenvalue weighted by atomic mass is 10.2. The molecule has 0 saturated carbocycles. The number of halogens is 3. The van der Waals surface area contributed by atoms with Crippen molar-refractivity contribution in [3.8, 4) is 0 Å². The average Bonchev–Trinajstić information content (AvgIpc) is 2.61. The van der Waals surface area contributed by atoms with Gasteiger partial charge in [-0.05, 0) is 35.9 Å². The zero-order valence-electron chi connectivity index (χ0n) is 13.4. The van der Waals surface area contributed by atoms with Crippen molar-refractivity contribution in [1.82, 2.24) is 5.53 Å². The van der Waals surface area contributed by atoms with Crippen LogP contribution in [0.2, 0.25) is 0 Å². The molecule has 0 bridgehead atoms. The molecule has 26 heavy (non-hydrogen) atoms. The van der Waals surface area contributed by atoms with Crippen molar-refractivity contribution in [2.75, 3.05) is 10.3 Å². The predicted octanol–water partition coefficient (Wildman–Crippen LogP) is 3.25. The summed E-state index contributed by atoms with van der Waals surface area (Å²) in [6.45, 7) is -0.116. The summed E-state index contributed by atoms with van der Waals surface area (Å²) in [6, 6.07) is 10.9. The van der Waals surface area contributed by atoms with Crippen molar-refractivity contribution in [3.63, 3.8) is 0 Å². The Morgan fingerprint density at radius 1 is 1.23 bits per heavy atom. The smallest absolute Gasteiger partial charge is 0.416 e. The lowest BCUT2D eigenvalue weighted by molar-refractivity contribution is -0.137. The van der Waals surface area contributed by atoms with Gasteiger partial charge < -0.3 is 4.74 Å². The quantitative estimate of drug-likeness (QED) is 0.272. The first-order valence-corrected chi connectivity index (χ1v) is 7.29. The number of hydrogen-bond acceptors (Lipinski definition) is 5. The maximum absolute atomic E-state index is 12.7. The fraction of sp³-hybridized carbons (Fsp3) is 0.125. The normalized spacial score (nSPS) is 10.9. The van der Waals surface area contributed by atoms with Gasteiger partial charge in [-0.2, -0.15) is 18.7 Å². The van der Waals surface area contributed by atoms with Gasteiger partial charge in [0.25, 0.3) is 0 Å². The van der Waals surface area contributed by atoms with E-state index in [0.29, 0.717) is 11.3 Å². The summed E-state index contributed by atoms with van der Waals surface area (Å²) < 4.78 is 43.0. The molecule has 2 aromatic rings. The summed E-state index contributed by atoms with van der Waals surface area (Å²) in [5.74, 6) is 5.27. The zero-order chi connectivity index (χ0) is 19.2. The number of amides is 1. The molecule has 0 aliphatic carbocycles. The number of hydrazine groups is 2. The molecule has 0 fully saturated rings. The van der Waals surface area contributed by atoms with Crippen LogP contribution >= 0.6 is 0 Å². The number of benzene rings is 2. The van der Waals surface area contributed by atoms with Crippen LogP contribution in [-0.2, 0) is 17.5 Å². The molecule has 2 rings (SSSR count). The van der Waals surface area contributed by atoms with E-state index in [1.165, 1.54) is 17.1 Å². The van der Waals surface area contributed by atoms with E-state index in [0.717, 1.165) is 18.5 Å². The molecular weight excluding hydrogens is 351 g/mol. The molecule has 0 heterocycles. The van der Waals surface area contributed by atoms with Crippen LogP contribution in [0.3, 0.4) is 0 Å². The summed E-state index contributed by atoms with van der Waals surface area (Å²) in [4.78, 5) is 11.8. The summed E-state index contributed by atoms with van der Waals surface area (Å²) in [5.41, 5.74) is 2.53. The van der Waals surface area contributed by atoms with Gasteiger partial charge in [0.1, 0.15) is 12.9 Å². The maximum atomic E-state index is 12.7. The van der Waals surface area contributed by atoms with E-state index >= 15 is 0 Å². The van der Waals surface area contributed by atoms with Crippen molar-refractivity contribution in [3.05, 3.63) is 59.7 Å². The minimum Gasteiger partial charge on any atom is -0.444 e.